The van der Waals surface area contributed by atoms with Crippen LogP contribution in [0.3, 0.4) is 0 Å². The van der Waals surface area contributed by atoms with E-state index in [9.17, 15) is 0 Å². The summed E-state index contributed by atoms with van der Waals surface area (Å²) in [7, 11) is 0. The highest BCUT2D eigenvalue weighted by Crippen LogP contribution is 2.09. The zero-order chi connectivity index (χ0) is 15.3. The van der Waals surface area contributed by atoms with Gasteiger partial charge in [0.1, 0.15) is 6.61 Å². The highest BCUT2D eigenvalue weighted by Gasteiger charge is 2.05. The number of thiocarbonyl (C=S) groups is 1. The summed E-state index contributed by atoms with van der Waals surface area (Å²) in [6, 6.07) is 10.5. The van der Waals surface area contributed by atoms with E-state index in [1.165, 1.54) is 38.5 Å². The molecule has 118 valence electrons. The lowest BCUT2D eigenvalue weighted by molar-refractivity contribution is 0.281. The van der Waals surface area contributed by atoms with Gasteiger partial charge in [0.25, 0.3) is 5.17 Å². The zero-order valence-corrected chi connectivity index (χ0v) is 14.3. The smallest absolute Gasteiger partial charge is 0.257 e. The number of benzene rings is 1. The van der Waals surface area contributed by atoms with Gasteiger partial charge in [0, 0.05) is 6.04 Å². The average molecular weight is 308 g/mol. The molecule has 0 aliphatic rings. The Hall–Kier alpha value is -1.09. The Balaban J connectivity index is 2.05. The Morgan fingerprint density at radius 3 is 2.48 bits per heavy atom. The number of nitrogens with one attached hydrogen (secondary N) is 1. The minimum absolute atomic E-state index is 0.388. The van der Waals surface area contributed by atoms with Crippen LogP contribution in [0.1, 0.15) is 64.4 Å². The zero-order valence-electron chi connectivity index (χ0n) is 13.4. The molecule has 0 saturated carbocycles. The maximum atomic E-state index is 5.58. The van der Waals surface area contributed by atoms with Crippen LogP contribution in [0.5, 0.6) is 0 Å². The maximum absolute atomic E-state index is 5.58. The van der Waals surface area contributed by atoms with Gasteiger partial charge in [-0.3, -0.25) is 0 Å². The van der Waals surface area contributed by atoms with Gasteiger partial charge < -0.3 is 10.1 Å². The first kappa shape index (κ1) is 18.0. The average Bonchev–Trinajstić information content (AvgIpc) is 2.50. The summed E-state index contributed by atoms with van der Waals surface area (Å²) in [5.41, 5.74) is 1.14. The first-order valence-corrected chi connectivity index (χ1v) is 8.60. The second kappa shape index (κ2) is 11.6. The quantitative estimate of drug-likeness (QED) is 0.473. The van der Waals surface area contributed by atoms with Crippen molar-refractivity contribution in [2.24, 2.45) is 0 Å². The SMILES string of the molecule is CCCCCCCCC(C)NC(=S)OCc1ccccc1. The molecule has 0 aliphatic carbocycles. The minimum atomic E-state index is 0.388. The van der Waals surface area contributed by atoms with Crippen molar-refractivity contribution in [3.8, 4) is 0 Å². The molecule has 2 nitrogen and oxygen atoms in total. The van der Waals surface area contributed by atoms with E-state index in [0.717, 1.165) is 12.0 Å². The number of rotatable bonds is 10. The predicted molar refractivity (Wildman–Crippen MR) is 94.4 cm³/mol. The van der Waals surface area contributed by atoms with E-state index in [0.29, 0.717) is 17.8 Å². The molecule has 0 spiro atoms. The molecule has 0 fully saturated rings. The van der Waals surface area contributed by atoms with Crippen molar-refractivity contribution < 1.29 is 4.74 Å². The van der Waals surface area contributed by atoms with E-state index in [1.54, 1.807) is 0 Å². The Labute approximate surface area is 135 Å². The van der Waals surface area contributed by atoms with E-state index in [2.05, 4.69) is 19.2 Å². The Morgan fingerprint density at radius 2 is 1.76 bits per heavy atom. The molecule has 0 bridgehead atoms. The molecule has 1 aromatic rings. The van der Waals surface area contributed by atoms with Crippen LogP contribution in [-0.4, -0.2) is 11.2 Å². The molecule has 0 heterocycles. The second-order valence-corrected chi connectivity index (χ2v) is 6.03. The normalized spacial score (nSPS) is 11.9. The summed E-state index contributed by atoms with van der Waals surface area (Å²) in [5.74, 6) is 0. The van der Waals surface area contributed by atoms with Crippen molar-refractivity contribution in [3.05, 3.63) is 35.9 Å². The fraction of sp³-hybridized carbons (Fsp3) is 0.611. The van der Waals surface area contributed by atoms with Crippen LogP contribution >= 0.6 is 12.2 Å². The van der Waals surface area contributed by atoms with Gasteiger partial charge in [-0.05, 0) is 31.1 Å². The van der Waals surface area contributed by atoms with Gasteiger partial charge in [-0.1, -0.05) is 75.8 Å². The van der Waals surface area contributed by atoms with Crippen molar-refractivity contribution in [2.75, 3.05) is 0 Å². The number of hydrogen-bond acceptors (Lipinski definition) is 2. The van der Waals surface area contributed by atoms with E-state index >= 15 is 0 Å². The van der Waals surface area contributed by atoms with Crippen molar-refractivity contribution in [1.29, 1.82) is 0 Å². The van der Waals surface area contributed by atoms with Crippen LogP contribution in [-0.2, 0) is 11.3 Å². The molecule has 1 atom stereocenters. The van der Waals surface area contributed by atoms with Crippen LogP contribution in [0.4, 0.5) is 0 Å². The highest BCUT2D eigenvalue weighted by atomic mass is 32.1. The molecule has 1 aromatic carbocycles. The van der Waals surface area contributed by atoms with Gasteiger partial charge in [0.05, 0.1) is 0 Å². The van der Waals surface area contributed by atoms with Crippen LogP contribution in [0.15, 0.2) is 30.3 Å². The third-order valence-electron chi connectivity index (χ3n) is 3.57. The third kappa shape index (κ3) is 9.46. The van der Waals surface area contributed by atoms with Crippen molar-refractivity contribution in [3.63, 3.8) is 0 Å². The maximum Gasteiger partial charge on any atom is 0.257 e. The Morgan fingerprint density at radius 1 is 1.10 bits per heavy atom. The number of unbranched alkanes of at least 4 members (excludes halogenated alkanes) is 5. The topological polar surface area (TPSA) is 21.3 Å². The number of hydrogen-bond donors (Lipinski definition) is 1. The van der Waals surface area contributed by atoms with Gasteiger partial charge in [0.15, 0.2) is 0 Å². The van der Waals surface area contributed by atoms with E-state index in [4.69, 9.17) is 17.0 Å². The summed E-state index contributed by atoms with van der Waals surface area (Å²) in [6.07, 6.45) is 9.15. The lowest BCUT2D eigenvalue weighted by atomic mass is 10.1. The van der Waals surface area contributed by atoms with Crippen LogP contribution < -0.4 is 5.32 Å². The molecule has 1 N–H and O–H groups in total. The summed E-state index contributed by atoms with van der Waals surface area (Å²) >= 11 is 5.23. The molecule has 0 amide bonds. The van der Waals surface area contributed by atoms with Gasteiger partial charge >= 0.3 is 0 Å². The highest BCUT2D eigenvalue weighted by molar-refractivity contribution is 7.80. The molecule has 0 saturated heterocycles. The molecule has 0 radical (unpaired) electrons. The molecule has 0 aliphatic heterocycles. The standard InChI is InChI=1S/C18H29NOS/c1-3-4-5-6-7-9-12-16(2)19-18(21)20-15-17-13-10-8-11-14-17/h8,10-11,13-14,16H,3-7,9,12,15H2,1-2H3,(H,19,21). The van der Waals surface area contributed by atoms with E-state index < -0.39 is 0 Å². The van der Waals surface area contributed by atoms with Crippen LogP contribution in [0, 0.1) is 0 Å². The van der Waals surface area contributed by atoms with Gasteiger partial charge in [-0.25, -0.2) is 0 Å². The first-order chi connectivity index (χ1) is 10.2. The molecular weight excluding hydrogens is 278 g/mol. The molecule has 1 unspecified atom stereocenters. The minimum Gasteiger partial charge on any atom is -0.466 e. The summed E-state index contributed by atoms with van der Waals surface area (Å²) in [4.78, 5) is 0. The fourth-order valence-electron chi connectivity index (χ4n) is 2.27. The van der Waals surface area contributed by atoms with Gasteiger partial charge in [-0.2, -0.15) is 0 Å². The second-order valence-electron chi connectivity index (χ2n) is 5.66. The lowest BCUT2D eigenvalue weighted by Gasteiger charge is -2.16. The first-order valence-electron chi connectivity index (χ1n) is 8.19. The number of ether oxygens (including phenoxy) is 1. The van der Waals surface area contributed by atoms with Crippen molar-refractivity contribution >= 4 is 17.4 Å². The monoisotopic (exact) mass is 307 g/mol. The lowest BCUT2D eigenvalue weighted by Crippen LogP contribution is -2.32. The summed E-state index contributed by atoms with van der Waals surface area (Å²) < 4.78 is 5.58. The molecular formula is C18H29NOS. The van der Waals surface area contributed by atoms with Crippen molar-refractivity contribution in [1.82, 2.24) is 5.32 Å². The van der Waals surface area contributed by atoms with Crippen LogP contribution in [0.2, 0.25) is 0 Å². The fourth-order valence-corrected chi connectivity index (χ4v) is 2.53. The summed E-state index contributed by atoms with van der Waals surface area (Å²) in [5, 5.41) is 3.77. The molecule has 1 rings (SSSR count). The Kier molecular flexibility index (Phi) is 9.88. The molecule has 3 heteroatoms. The van der Waals surface area contributed by atoms with Crippen LogP contribution in [0.25, 0.3) is 0 Å². The molecule has 0 aromatic heterocycles. The van der Waals surface area contributed by atoms with Gasteiger partial charge in [0.2, 0.25) is 0 Å². The largest absolute Gasteiger partial charge is 0.466 e. The predicted octanol–water partition coefficient (Wildman–Crippen LogP) is 5.22. The Bertz CT molecular complexity index is 380. The third-order valence-corrected chi connectivity index (χ3v) is 3.80. The van der Waals surface area contributed by atoms with E-state index in [-0.39, 0.29) is 0 Å². The van der Waals surface area contributed by atoms with E-state index in [1.807, 2.05) is 30.3 Å². The summed E-state index contributed by atoms with van der Waals surface area (Å²) in [6.45, 7) is 4.96. The van der Waals surface area contributed by atoms with Gasteiger partial charge in [-0.15, -0.1) is 0 Å². The van der Waals surface area contributed by atoms with Crippen molar-refractivity contribution in [2.45, 2.75) is 71.4 Å². The molecule has 21 heavy (non-hydrogen) atoms.